The molecule has 0 aliphatic rings. The van der Waals surface area contributed by atoms with Crippen molar-refractivity contribution in [1.82, 2.24) is 15.0 Å². The molecule has 0 fully saturated rings. The van der Waals surface area contributed by atoms with Crippen LogP contribution < -0.4 is 21.1 Å². The molecule has 0 aliphatic carbocycles. The minimum Gasteiger partial charge on any atom is -0.480 e. The van der Waals surface area contributed by atoms with Crippen molar-refractivity contribution in [3.63, 3.8) is 0 Å². The number of anilines is 2. The Morgan fingerprint density at radius 2 is 1.78 bits per heavy atom. The number of methoxy groups -OCH3 is 1. The van der Waals surface area contributed by atoms with Crippen molar-refractivity contribution in [3.05, 3.63) is 62.1 Å². The number of nitrogens with one attached hydrogen (secondary N) is 2. The highest BCUT2D eigenvalue weighted by Crippen LogP contribution is 2.36. The minimum absolute atomic E-state index is 0.0412. The Bertz CT molecular complexity index is 1640. The lowest BCUT2D eigenvalue weighted by Crippen LogP contribution is -2.30. The molecule has 0 aliphatic heterocycles. The molecule has 20 heteroatoms. The number of aliphatic carboxylic acids is 1. The summed E-state index contributed by atoms with van der Waals surface area (Å²) in [4.78, 5) is 53.6. The smallest absolute Gasteiger partial charge is 0.345 e. The molecular formula is C29H40Cl2N7O9PS. The van der Waals surface area contributed by atoms with E-state index in [4.69, 9.17) is 43.7 Å². The van der Waals surface area contributed by atoms with Crippen molar-refractivity contribution >= 4 is 71.9 Å². The van der Waals surface area contributed by atoms with Crippen molar-refractivity contribution < 1.29 is 38.6 Å². The van der Waals surface area contributed by atoms with Gasteiger partial charge in [-0.3, -0.25) is 19.5 Å². The van der Waals surface area contributed by atoms with Crippen LogP contribution in [0.1, 0.15) is 44.5 Å². The van der Waals surface area contributed by atoms with Crippen LogP contribution in [-0.2, 0) is 14.1 Å². The number of ether oxygens (including phenoxy) is 2. The van der Waals surface area contributed by atoms with Crippen LogP contribution in [0.5, 0.6) is 11.5 Å². The maximum absolute atomic E-state index is 11.6. The average molecular weight is 765 g/mol. The summed E-state index contributed by atoms with van der Waals surface area (Å²) in [6.45, 7) is 10.2. The summed E-state index contributed by atoms with van der Waals surface area (Å²) < 4.78 is 20.7. The van der Waals surface area contributed by atoms with Crippen molar-refractivity contribution in [2.24, 2.45) is 5.73 Å². The lowest BCUT2D eigenvalue weighted by Gasteiger charge is -2.20. The van der Waals surface area contributed by atoms with Gasteiger partial charge in [0, 0.05) is 42.1 Å². The molecular weight excluding hydrogens is 724 g/mol. The molecule has 3 rings (SSSR count). The van der Waals surface area contributed by atoms with Crippen LogP contribution in [0.4, 0.5) is 17.6 Å². The topological polar surface area (TPSA) is 242 Å². The first-order valence-electron chi connectivity index (χ1n) is 14.3. The molecule has 2 unspecified atom stereocenters. The molecule has 2 aromatic carbocycles. The Morgan fingerprint density at radius 3 is 2.27 bits per heavy atom. The molecule has 0 spiro atoms. The van der Waals surface area contributed by atoms with E-state index in [1.807, 2.05) is 13.2 Å². The van der Waals surface area contributed by atoms with Gasteiger partial charge in [0.2, 0.25) is 11.9 Å². The van der Waals surface area contributed by atoms with Gasteiger partial charge in [0.1, 0.15) is 23.1 Å². The number of nitrogens with two attached hydrogens (primary N) is 1. The molecule has 270 valence electrons. The van der Waals surface area contributed by atoms with E-state index in [1.165, 1.54) is 36.6 Å². The third-order valence-electron chi connectivity index (χ3n) is 5.48. The zero-order chi connectivity index (χ0) is 37.5. The van der Waals surface area contributed by atoms with E-state index < -0.39 is 30.3 Å². The van der Waals surface area contributed by atoms with Gasteiger partial charge in [-0.2, -0.15) is 15.0 Å². The number of hydrogen-bond donors (Lipinski definition) is 5. The van der Waals surface area contributed by atoms with Crippen molar-refractivity contribution in [2.45, 2.75) is 50.9 Å². The third kappa shape index (κ3) is 17.0. The lowest BCUT2D eigenvalue weighted by atomic mass is 10.1. The number of carboxylic acids is 1. The first-order valence-corrected chi connectivity index (χ1v) is 18.6. The number of thioether (sulfide) groups is 1. The summed E-state index contributed by atoms with van der Waals surface area (Å²) in [5.41, 5.74) is 4.45. The second-order valence-electron chi connectivity index (χ2n) is 11.0. The summed E-state index contributed by atoms with van der Waals surface area (Å²) in [5, 5.41) is 27.0. The zero-order valence-electron chi connectivity index (χ0n) is 27.9. The normalized spacial score (nSPS) is 12.5. The van der Waals surface area contributed by atoms with E-state index in [9.17, 15) is 24.3 Å². The highest BCUT2D eigenvalue weighted by molar-refractivity contribution is 7.98. The van der Waals surface area contributed by atoms with E-state index in [0.717, 1.165) is 24.9 Å². The fourth-order valence-electron chi connectivity index (χ4n) is 3.27. The number of esters is 1. The van der Waals surface area contributed by atoms with Gasteiger partial charge in [-0.05, 0) is 64.6 Å². The van der Waals surface area contributed by atoms with Crippen LogP contribution >= 0.6 is 42.3 Å². The molecule has 16 nitrogen and oxygen atoms in total. The molecule has 0 bridgehead atoms. The Labute approximate surface area is 298 Å². The summed E-state index contributed by atoms with van der Waals surface area (Å²) in [6, 6.07) is 7.32. The number of aromatic nitrogens is 3. The Morgan fingerprint density at radius 1 is 1.14 bits per heavy atom. The maximum atomic E-state index is 11.6. The number of benzene rings is 2. The largest absolute Gasteiger partial charge is 0.480 e. The van der Waals surface area contributed by atoms with Crippen molar-refractivity contribution in [3.8, 4) is 11.5 Å². The van der Waals surface area contributed by atoms with Gasteiger partial charge in [-0.15, -0.1) is 0 Å². The Balaban J connectivity index is 0.000000392. The second kappa shape index (κ2) is 20.1. The summed E-state index contributed by atoms with van der Waals surface area (Å²) in [6.07, 6.45) is 1.95. The van der Waals surface area contributed by atoms with Gasteiger partial charge < -0.3 is 35.8 Å². The van der Waals surface area contributed by atoms with Gasteiger partial charge in [-0.1, -0.05) is 35.0 Å². The number of halogens is 2. The maximum Gasteiger partial charge on any atom is 0.345 e. The van der Waals surface area contributed by atoms with E-state index in [2.05, 4.69) is 51.1 Å². The van der Waals surface area contributed by atoms with Crippen LogP contribution in [0.25, 0.3) is 0 Å². The molecule has 0 radical (unpaired) electrons. The molecule has 49 heavy (non-hydrogen) atoms. The molecule has 1 heterocycles. The van der Waals surface area contributed by atoms with Gasteiger partial charge in [0.15, 0.2) is 12.5 Å². The predicted molar refractivity (Wildman–Crippen MR) is 191 cm³/mol. The van der Waals surface area contributed by atoms with Crippen molar-refractivity contribution in [1.29, 1.82) is 0 Å². The standard InChI is InChI=1S/C14H9Cl2NO5.C10H19N5S.C5H12NO4P/c1-21-14(18)10-7-9(3-4-12(10)17(19)20)22-13-5-2-8(15)6-11(13)16;1-6-11-7-12-8(15-10(2,3)4)14-9(13-7)16-5;1-11(9,10)3-2-4(6)5(7)8/h2-7H,1H3;6H2,1-5H3,(H2,11,12,13,14,15);4H,2-3,6H2,1H3,(H,7,8)(H,9,10). The van der Waals surface area contributed by atoms with Crippen molar-refractivity contribution in [2.75, 3.05) is 43.4 Å². The van der Waals surface area contributed by atoms with Gasteiger partial charge in [-0.25, -0.2) is 4.79 Å². The minimum atomic E-state index is -3.10. The zero-order valence-corrected chi connectivity index (χ0v) is 31.1. The summed E-state index contributed by atoms with van der Waals surface area (Å²) >= 11 is 13.3. The molecule has 0 saturated heterocycles. The molecule has 3 aromatic rings. The number of rotatable bonds is 12. The van der Waals surface area contributed by atoms with Crippen LogP contribution in [0.15, 0.2) is 41.6 Å². The number of hydrogen-bond acceptors (Lipinski definition) is 14. The van der Waals surface area contributed by atoms with E-state index in [1.54, 1.807) is 12.1 Å². The predicted octanol–water partition coefficient (Wildman–Crippen LogP) is 6.40. The number of nitrogens with zero attached hydrogens (tertiary/aromatic N) is 4. The highest BCUT2D eigenvalue weighted by atomic mass is 35.5. The fraction of sp³-hybridized carbons (Fsp3) is 0.414. The van der Waals surface area contributed by atoms with E-state index >= 15 is 0 Å². The van der Waals surface area contributed by atoms with Crippen LogP contribution in [0, 0.1) is 10.1 Å². The first-order chi connectivity index (χ1) is 22.7. The molecule has 0 amide bonds. The quantitative estimate of drug-likeness (QED) is 0.0440. The van der Waals surface area contributed by atoms with Gasteiger partial charge in [0.05, 0.1) is 17.1 Å². The third-order valence-corrected chi connectivity index (χ3v) is 7.65. The van der Waals surface area contributed by atoms with E-state index in [0.29, 0.717) is 22.7 Å². The number of carboxylic acid groups (broad SMARTS) is 1. The second-order valence-corrected chi connectivity index (χ2v) is 15.2. The molecule has 2 atom stereocenters. The Kier molecular flexibility index (Phi) is 17.7. The van der Waals surface area contributed by atoms with Gasteiger partial charge in [0.25, 0.3) is 5.69 Å². The number of nitro benzene ring substituents is 1. The molecule has 1 aromatic heterocycles. The Hall–Kier alpha value is -3.73. The van der Waals surface area contributed by atoms with E-state index in [-0.39, 0.29) is 40.1 Å². The van der Waals surface area contributed by atoms with Crippen LogP contribution in [-0.4, -0.2) is 86.1 Å². The summed E-state index contributed by atoms with van der Waals surface area (Å²) in [5.74, 6) is -0.236. The first kappa shape index (κ1) is 43.3. The SMILES string of the molecule is CCNc1nc(NC(C)(C)C)nc(SC)n1.COC(=O)c1cc(Oc2ccc(Cl)cc2Cl)ccc1[N+](=O)[O-].CP(=O)(O)CCC(N)C(=O)O. The average Bonchev–Trinajstić information content (AvgIpc) is 3.00. The highest BCUT2D eigenvalue weighted by Gasteiger charge is 2.22. The van der Waals surface area contributed by atoms with Gasteiger partial charge >= 0.3 is 11.9 Å². The number of carbonyl (C=O) groups is 2. The van der Waals surface area contributed by atoms with Crippen LogP contribution in [0.2, 0.25) is 10.0 Å². The monoisotopic (exact) mass is 763 g/mol. The van der Waals surface area contributed by atoms with Crippen LogP contribution in [0.3, 0.4) is 0 Å². The fourth-order valence-corrected chi connectivity index (χ4v) is 4.83. The molecule has 0 saturated carbocycles. The lowest BCUT2D eigenvalue weighted by molar-refractivity contribution is -0.385. The number of carbonyl (C=O) groups excluding carboxylic acids is 1. The summed E-state index contributed by atoms with van der Waals surface area (Å²) in [7, 11) is -1.97. The molecule has 6 N–H and O–H groups in total. The number of nitro groups is 1.